The molecule has 0 radical (unpaired) electrons. The number of carbonyl (C=O) groups excluding carboxylic acids is 1. The summed E-state index contributed by atoms with van der Waals surface area (Å²) in [6, 6.07) is 13.9. The monoisotopic (exact) mass is 445 g/mol. The van der Waals surface area contributed by atoms with E-state index in [9.17, 15) is 13.2 Å². The van der Waals surface area contributed by atoms with Crippen LogP contribution in [0.15, 0.2) is 65.7 Å². The third-order valence-electron chi connectivity index (χ3n) is 4.06. The molecule has 7 nitrogen and oxygen atoms in total. The molecule has 0 atom stereocenters. The number of carbonyl (C=O) groups is 1. The average molecular weight is 446 g/mol. The van der Waals surface area contributed by atoms with Crippen molar-refractivity contribution in [2.45, 2.75) is 18.7 Å². The molecular weight excluding hydrogens is 426 g/mol. The first-order valence-corrected chi connectivity index (χ1v) is 10.9. The number of ether oxygens (including phenoxy) is 1. The standard InChI is InChI=1S/C21H20ClN3O4S/c1-3-29-16-7-5-15(6-8-16)25-30(27,28)17-9-10-19(22)18(12-17)21(26)24-20-11-4-14(2)13-23-20/h4-13,25H,3H2,1-2H3,(H,23,24,26). The first-order chi connectivity index (χ1) is 14.3. The van der Waals surface area contributed by atoms with Gasteiger partial charge in [0.05, 0.1) is 22.1 Å². The van der Waals surface area contributed by atoms with Gasteiger partial charge in [-0.25, -0.2) is 13.4 Å². The number of halogens is 1. The number of pyridine rings is 1. The van der Waals surface area contributed by atoms with Crippen molar-refractivity contribution < 1.29 is 17.9 Å². The van der Waals surface area contributed by atoms with Crippen molar-refractivity contribution in [1.82, 2.24) is 4.98 Å². The van der Waals surface area contributed by atoms with E-state index in [2.05, 4.69) is 15.0 Å². The van der Waals surface area contributed by atoms with E-state index in [1.807, 2.05) is 13.8 Å². The maximum atomic E-state index is 12.8. The minimum Gasteiger partial charge on any atom is -0.494 e. The summed E-state index contributed by atoms with van der Waals surface area (Å²) in [5.41, 5.74) is 1.33. The van der Waals surface area contributed by atoms with Crippen LogP contribution in [0.5, 0.6) is 5.75 Å². The van der Waals surface area contributed by atoms with Gasteiger partial charge in [0, 0.05) is 11.9 Å². The molecule has 1 heterocycles. The van der Waals surface area contributed by atoms with E-state index in [0.717, 1.165) is 5.56 Å². The van der Waals surface area contributed by atoms with Gasteiger partial charge in [0.15, 0.2) is 0 Å². The molecule has 0 spiro atoms. The van der Waals surface area contributed by atoms with Crippen LogP contribution in [0.4, 0.5) is 11.5 Å². The minimum absolute atomic E-state index is 0.0219. The number of amides is 1. The number of benzene rings is 2. The third kappa shape index (κ3) is 5.28. The number of anilines is 2. The Balaban J connectivity index is 1.81. The first-order valence-electron chi connectivity index (χ1n) is 9.08. The van der Waals surface area contributed by atoms with Crippen molar-refractivity contribution in [2.24, 2.45) is 0 Å². The second-order valence-corrected chi connectivity index (χ2v) is 8.47. The predicted octanol–water partition coefficient (Wildman–Crippen LogP) is 4.50. The van der Waals surface area contributed by atoms with Crippen LogP contribution in [0.2, 0.25) is 5.02 Å². The van der Waals surface area contributed by atoms with E-state index < -0.39 is 15.9 Å². The van der Waals surface area contributed by atoms with Gasteiger partial charge in [0.2, 0.25) is 0 Å². The van der Waals surface area contributed by atoms with Crippen LogP contribution in [-0.4, -0.2) is 25.9 Å². The number of nitrogens with zero attached hydrogens (tertiary/aromatic N) is 1. The van der Waals surface area contributed by atoms with E-state index in [4.69, 9.17) is 16.3 Å². The molecule has 0 fully saturated rings. The number of hydrogen-bond acceptors (Lipinski definition) is 5. The summed E-state index contributed by atoms with van der Waals surface area (Å²) in [7, 11) is -3.93. The second-order valence-electron chi connectivity index (χ2n) is 6.38. The lowest BCUT2D eigenvalue weighted by atomic mass is 10.2. The number of aryl methyl sites for hydroxylation is 1. The Hall–Kier alpha value is -3.10. The average Bonchev–Trinajstić information content (AvgIpc) is 2.71. The molecule has 9 heteroatoms. The zero-order valence-electron chi connectivity index (χ0n) is 16.3. The van der Waals surface area contributed by atoms with Crippen LogP contribution >= 0.6 is 11.6 Å². The minimum atomic E-state index is -3.93. The molecule has 30 heavy (non-hydrogen) atoms. The predicted molar refractivity (Wildman–Crippen MR) is 117 cm³/mol. The van der Waals surface area contributed by atoms with Gasteiger partial charge in [-0.05, 0) is 67.9 Å². The Morgan fingerprint density at radius 3 is 2.47 bits per heavy atom. The lowest BCUT2D eigenvalue weighted by Crippen LogP contribution is -2.17. The van der Waals surface area contributed by atoms with Crippen molar-refractivity contribution in [3.63, 3.8) is 0 Å². The molecular formula is C21H20ClN3O4S. The highest BCUT2D eigenvalue weighted by Gasteiger charge is 2.19. The maximum absolute atomic E-state index is 12.8. The number of hydrogen-bond donors (Lipinski definition) is 2. The lowest BCUT2D eigenvalue weighted by molar-refractivity contribution is 0.102. The fourth-order valence-corrected chi connectivity index (χ4v) is 3.86. The Labute approximate surface area is 180 Å². The molecule has 0 unspecified atom stereocenters. The molecule has 0 aliphatic heterocycles. The highest BCUT2D eigenvalue weighted by Crippen LogP contribution is 2.24. The van der Waals surface area contributed by atoms with Crippen LogP contribution in [0.3, 0.4) is 0 Å². The summed E-state index contributed by atoms with van der Waals surface area (Å²) < 4.78 is 33.3. The van der Waals surface area contributed by atoms with Crippen LogP contribution in [0.1, 0.15) is 22.8 Å². The number of rotatable bonds is 7. The summed E-state index contributed by atoms with van der Waals surface area (Å²) in [6.07, 6.45) is 1.61. The maximum Gasteiger partial charge on any atom is 0.261 e. The number of nitrogens with one attached hydrogen (secondary N) is 2. The number of sulfonamides is 1. The quantitative estimate of drug-likeness (QED) is 0.558. The Morgan fingerprint density at radius 1 is 1.10 bits per heavy atom. The van der Waals surface area contributed by atoms with Gasteiger partial charge < -0.3 is 10.1 Å². The van der Waals surface area contributed by atoms with Crippen molar-refractivity contribution in [3.05, 3.63) is 76.9 Å². The summed E-state index contributed by atoms with van der Waals surface area (Å²) >= 11 is 6.13. The van der Waals surface area contributed by atoms with E-state index in [0.29, 0.717) is 23.9 Å². The molecule has 1 amide bonds. The Morgan fingerprint density at radius 2 is 1.83 bits per heavy atom. The zero-order chi connectivity index (χ0) is 21.7. The molecule has 0 aliphatic rings. The van der Waals surface area contributed by atoms with Gasteiger partial charge in [-0.1, -0.05) is 17.7 Å². The largest absolute Gasteiger partial charge is 0.494 e. The fraction of sp³-hybridized carbons (Fsp3) is 0.143. The molecule has 0 aliphatic carbocycles. The topological polar surface area (TPSA) is 97.4 Å². The molecule has 0 bridgehead atoms. The Kier molecular flexibility index (Phi) is 6.59. The summed E-state index contributed by atoms with van der Waals surface area (Å²) in [5.74, 6) is 0.410. The van der Waals surface area contributed by atoms with Crippen molar-refractivity contribution in [1.29, 1.82) is 0 Å². The van der Waals surface area contributed by atoms with Gasteiger partial charge in [-0.3, -0.25) is 9.52 Å². The Bertz CT molecular complexity index is 1150. The lowest BCUT2D eigenvalue weighted by Gasteiger charge is -2.11. The molecule has 2 aromatic carbocycles. The SMILES string of the molecule is CCOc1ccc(NS(=O)(=O)c2ccc(Cl)c(C(=O)Nc3ccc(C)cn3)c2)cc1. The van der Waals surface area contributed by atoms with E-state index in [-0.39, 0.29) is 15.5 Å². The molecule has 156 valence electrons. The van der Waals surface area contributed by atoms with Crippen molar-refractivity contribution >= 4 is 39.0 Å². The second kappa shape index (κ2) is 9.15. The van der Waals surface area contributed by atoms with E-state index in [1.54, 1.807) is 42.6 Å². The smallest absolute Gasteiger partial charge is 0.261 e. The molecule has 1 aromatic heterocycles. The molecule has 2 N–H and O–H groups in total. The van der Waals surface area contributed by atoms with Crippen molar-refractivity contribution in [2.75, 3.05) is 16.6 Å². The van der Waals surface area contributed by atoms with Gasteiger partial charge in [0.1, 0.15) is 11.6 Å². The van der Waals surface area contributed by atoms with Crippen LogP contribution in [0.25, 0.3) is 0 Å². The molecule has 3 rings (SSSR count). The molecule has 0 saturated heterocycles. The van der Waals surface area contributed by atoms with Gasteiger partial charge in [-0.15, -0.1) is 0 Å². The van der Waals surface area contributed by atoms with Gasteiger partial charge >= 0.3 is 0 Å². The summed E-state index contributed by atoms with van der Waals surface area (Å²) in [6.45, 7) is 4.25. The molecule has 3 aromatic rings. The summed E-state index contributed by atoms with van der Waals surface area (Å²) in [5, 5.41) is 2.73. The normalized spacial score (nSPS) is 11.0. The van der Waals surface area contributed by atoms with Crippen LogP contribution in [-0.2, 0) is 10.0 Å². The first kappa shape index (κ1) is 21.6. The van der Waals surface area contributed by atoms with Crippen LogP contribution in [0, 0.1) is 6.92 Å². The van der Waals surface area contributed by atoms with Gasteiger partial charge in [0.25, 0.3) is 15.9 Å². The molecule has 0 saturated carbocycles. The van der Waals surface area contributed by atoms with E-state index >= 15 is 0 Å². The fourth-order valence-electron chi connectivity index (χ4n) is 2.57. The van der Waals surface area contributed by atoms with Crippen LogP contribution < -0.4 is 14.8 Å². The van der Waals surface area contributed by atoms with Crippen molar-refractivity contribution in [3.8, 4) is 5.75 Å². The third-order valence-corrected chi connectivity index (χ3v) is 5.77. The summed E-state index contributed by atoms with van der Waals surface area (Å²) in [4.78, 5) is 16.6. The zero-order valence-corrected chi connectivity index (χ0v) is 17.9. The highest BCUT2D eigenvalue weighted by atomic mass is 35.5. The number of aromatic nitrogens is 1. The van der Waals surface area contributed by atoms with E-state index in [1.165, 1.54) is 18.2 Å². The highest BCUT2D eigenvalue weighted by molar-refractivity contribution is 7.92. The van der Waals surface area contributed by atoms with Gasteiger partial charge in [-0.2, -0.15) is 0 Å².